The summed E-state index contributed by atoms with van der Waals surface area (Å²) in [4.78, 5) is 33.3. The van der Waals surface area contributed by atoms with Crippen LogP contribution in [0.15, 0.2) is 22.7 Å². The lowest BCUT2D eigenvalue weighted by molar-refractivity contribution is -0.139. The predicted octanol–water partition coefficient (Wildman–Crippen LogP) is 1.43. The molecule has 0 aliphatic rings. The number of urea groups is 1. The maximum atomic E-state index is 12.9. The van der Waals surface area contributed by atoms with Gasteiger partial charge in [-0.3, -0.25) is 4.79 Å². The van der Waals surface area contributed by atoms with Crippen molar-refractivity contribution in [3.05, 3.63) is 28.5 Å². The topological polar surface area (TPSA) is 122 Å². The summed E-state index contributed by atoms with van der Waals surface area (Å²) in [5.74, 6) is -2.44. The number of carboxylic acid groups (broad SMARTS) is 1. The van der Waals surface area contributed by atoms with Gasteiger partial charge in [0, 0.05) is 10.9 Å². The van der Waals surface area contributed by atoms with Crippen molar-refractivity contribution in [3.63, 3.8) is 0 Å². The molecule has 0 saturated carbocycles. The maximum absolute atomic E-state index is 12.9. The van der Waals surface area contributed by atoms with Crippen LogP contribution in [0.3, 0.4) is 0 Å². The van der Waals surface area contributed by atoms with Gasteiger partial charge in [0.1, 0.15) is 11.9 Å². The zero-order valence-corrected chi connectivity index (χ0v) is 12.3. The van der Waals surface area contributed by atoms with E-state index in [2.05, 4.69) is 26.6 Å². The number of rotatable bonds is 6. The van der Waals surface area contributed by atoms with E-state index in [1.165, 1.54) is 6.07 Å². The average Bonchev–Trinajstić information content (AvgIpc) is 2.37. The number of aliphatic carboxylic acids is 1. The number of carboxylic acids is 1. The second kappa shape index (κ2) is 7.58. The molecule has 1 rings (SSSR count). The van der Waals surface area contributed by atoms with E-state index >= 15 is 0 Å². The molecule has 1 atom stereocenters. The zero-order chi connectivity index (χ0) is 16.0. The van der Waals surface area contributed by atoms with Crippen molar-refractivity contribution < 1.29 is 23.9 Å². The lowest BCUT2D eigenvalue weighted by atomic mass is 10.1. The summed E-state index contributed by atoms with van der Waals surface area (Å²) >= 11 is 3.06. The quantitative estimate of drug-likeness (QED) is 0.612. The van der Waals surface area contributed by atoms with Crippen molar-refractivity contribution in [2.45, 2.75) is 18.9 Å². The molecule has 21 heavy (non-hydrogen) atoms. The molecule has 0 radical (unpaired) electrons. The molecule has 0 heterocycles. The van der Waals surface area contributed by atoms with Gasteiger partial charge in [-0.05, 0) is 40.5 Å². The fourth-order valence-corrected chi connectivity index (χ4v) is 1.90. The van der Waals surface area contributed by atoms with E-state index in [9.17, 15) is 18.8 Å². The van der Waals surface area contributed by atoms with E-state index < -0.39 is 29.8 Å². The number of halogens is 2. The van der Waals surface area contributed by atoms with Crippen molar-refractivity contribution in [2.24, 2.45) is 5.73 Å². The molecule has 7 nitrogen and oxygen atoms in total. The summed E-state index contributed by atoms with van der Waals surface area (Å²) in [6.45, 7) is 0. The third-order valence-corrected chi connectivity index (χ3v) is 3.12. The first-order valence-electron chi connectivity index (χ1n) is 5.83. The summed E-state index contributed by atoms with van der Waals surface area (Å²) in [6.07, 6.45) is -0.292. The summed E-state index contributed by atoms with van der Waals surface area (Å²) in [6, 6.07) is 1.56. The van der Waals surface area contributed by atoms with Crippen molar-refractivity contribution in [1.29, 1.82) is 0 Å². The average molecular weight is 362 g/mol. The number of carbonyl (C=O) groups is 3. The fraction of sp³-hybridized carbons (Fsp3) is 0.250. The van der Waals surface area contributed by atoms with E-state index in [1.54, 1.807) is 0 Å². The van der Waals surface area contributed by atoms with Gasteiger partial charge in [0.2, 0.25) is 5.91 Å². The summed E-state index contributed by atoms with van der Waals surface area (Å²) in [5, 5.41) is 13.5. The Bertz CT molecular complexity index is 567. The summed E-state index contributed by atoms with van der Waals surface area (Å²) in [7, 11) is 0. The molecule has 3 amide bonds. The van der Waals surface area contributed by atoms with Crippen molar-refractivity contribution in [2.75, 3.05) is 5.32 Å². The Hall–Kier alpha value is -2.16. The second-order valence-electron chi connectivity index (χ2n) is 4.12. The minimum Gasteiger partial charge on any atom is -0.480 e. The van der Waals surface area contributed by atoms with Crippen molar-refractivity contribution >= 4 is 39.5 Å². The Morgan fingerprint density at radius 2 is 2.05 bits per heavy atom. The number of hydrogen-bond donors (Lipinski definition) is 4. The van der Waals surface area contributed by atoms with Gasteiger partial charge < -0.3 is 21.5 Å². The zero-order valence-electron chi connectivity index (χ0n) is 10.7. The van der Waals surface area contributed by atoms with E-state index in [4.69, 9.17) is 10.8 Å². The molecular weight excluding hydrogens is 349 g/mol. The molecule has 1 aromatic carbocycles. The molecule has 114 valence electrons. The van der Waals surface area contributed by atoms with Gasteiger partial charge in [-0.1, -0.05) is 0 Å². The van der Waals surface area contributed by atoms with Crippen molar-refractivity contribution in [3.8, 4) is 0 Å². The van der Waals surface area contributed by atoms with Crippen molar-refractivity contribution in [1.82, 2.24) is 5.32 Å². The molecule has 0 saturated heterocycles. The van der Waals surface area contributed by atoms with E-state index in [1.807, 2.05) is 0 Å². The number of amides is 3. The highest BCUT2D eigenvalue weighted by atomic mass is 79.9. The van der Waals surface area contributed by atoms with Crippen LogP contribution in [0, 0.1) is 5.82 Å². The van der Waals surface area contributed by atoms with Crippen LogP contribution in [0.4, 0.5) is 14.9 Å². The molecule has 0 aliphatic carbocycles. The number of anilines is 1. The first-order valence-corrected chi connectivity index (χ1v) is 6.62. The van der Waals surface area contributed by atoms with Crippen LogP contribution < -0.4 is 16.4 Å². The molecule has 0 aromatic heterocycles. The van der Waals surface area contributed by atoms with Crippen LogP contribution in [0.1, 0.15) is 12.8 Å². The van der Waals surface area contributed by atoms with Crippen LogP contribution in [0.25, 0.3) is 0 Å². The third-order valence-electron chi connectivity index (χ3n) is 2.46. The maximum Gasteiger partial charge on any atom is 0.326 e. The monoisotopic (exact) mass is 361 g/mol. The highest BCUT2D eigenvalue weighted by Gasteiger charge is 2.20. The largest absolute Gasteiger partial charge is 0.480 e. The Morgan fingerprint density at radius 3 is 2.57 bits per heavy atom. The lowest BCUT2D eigenvalue weighted by Crippen LogP contribution is -2.43. The summed E-state index contributed by atoms with van der Waals surface area (Å²) < 4.78 is 13.2. The highest BCUT2D eigenvalue weighted by Crippen LogP contribution is 2.22. The minimum absolute atomic E-state index is 0.122. The molecule has 0 fully saturated rings. The first-order chi connectivity index (χ1) is 9.79. The third kappa shape index (κ3) is 5.78. The Labute approximate surface area is 127 Å². The van der Waals surface area contributed by atoms with Crippen LogP contribution in [0.2, 0.25) is 0 Å². The van der Waals surface area contributed by atoms with Crippen LogP contribution >= 0.6 is 15.9 Å². The Balaban J connectivity index is 2.65. The van der Waals surface area contributed by atoms with Gasteiger partial charge in [-0.25, -0.2) is 14.0 Å². The van der Waals surface area contributed by atoms with Gasteiger partial charge in [-0.15, -0.1) is 0 Å². The van der Waals surface area contributed by atoms with Gasteiger partial charge in [0.05, 0.1) is 5.69 Å². The molecular formula is C12H13BrFN3O4. The van der Waals surface area contributed by atoms with Gasteiger partial charge in [0.15, 0.2) is 0 Å². The predicted molar refractivity (Wildman–Crippen MR) is 76.1 cm³/mol. The smallest absolute Gasteiger partial charge is 0.326 e. The second-order valence-corrected chi connectivity index (χ2v) is 4.97. The van der Waals surface area contributed by atoms with E-state index in [-0.39, 0.29) is 18.5 Å². The van der Waals surface area contributed by atoms with Crippen LogP contribution in [0.5, 0.6) is 0 Å². The number of carbonyl (C=O) groups excluding carboxylic acids is 2. The molecule has 0 spiro atoms. The molecule has 9 heteroatoms. The number of primary amides is 1. The molecule has 0 bridgehead atoms. The van der Waals surface area contributed by atoms with Gasteiger partial charge in [-0.2, -0.15) is 0 Å². The number of nitrogens with two attached hydrogens (primary N) is 1. The SMILES string of the molecule is NC(=O)CCC(NC(=O)Nc1ccc(F)cc1Br)C(=O)O. The fourth-order valence-electron chi connectivity index (χ4n) is 1.45. The molecule has 0 aliphatic heterocycles. The minimum atomic E-state index is -1.29. The van der Waals surface area contributed by atoms with Gasteiger partial charge in [0.25, 0.3) is 0 Å². The number of hydrogen-bond acceptors (Lipinski definition) is 3. The molecule has 1 unspecified atom stereocenters. The Kier molecular flexibility index (Phi) is 6.10. The van der Waals surface area contributed by atoms with Gasteiger partial charge >= 0.3 is 12.0 Å². The standard InChI is InChI=1S/C12H13BrFN3O4/c13-7-5-6(14)1-2-8(7)16-12(21)17-9(11(19)20)3-4-10(15)18/h1-2,5,9H,3-4H2,(H2,15,18)(H,19,20)(H2,16,17,21). The number of benzene rings is 1. The Morgan fingerprint density at radius 1 is 1.38 bits per heavy atom. The molecule has 1 aromatic rings. The highest BCUT2D eigenvalue weighted by molar-refractivity contribution is 9.10. The summed E-state index contributed by atoms with van der Waals surface area (Å²) in [5.41, 5.74) is 5.20. The van der Waals surface area contributed by atoms with E-state index in [0.717, 1.165) is 12.1 Å². The normalized spacial score (nSPS) is 11.5. The number of nitrogens with one attached hydrogen (secondary N) is 2. The van der Waals surface area contributed by atoms with E-state index in [0.29, 0.717) is 4.47 Å². The van der Waals surface area contributed by atoms with Crippen LogP contribution in [-0.2, 0) is 9.59 Å². The lowest BCUT2D eigenvalue weighted by Gasteiger charge is -2.15. The van der Waals surface area contributed by atoms with Crippen LogP contribution in [-0.4, -0.2) is 29.1 Å². The molecule has 5 N–H and O–H groups in total. The first kappa shape index (κ1) is 16.9.